The Morgan fingerprint density at radius 3 is 3.13 bits per heavy atom. The van der Waals surface area contributed by atoms with E-state index in [9.17, 15) is 0 Å². The van der Waals surface area contributed by atoms with Crippen LogP contribution in [-0.4, -0.2) is 18.7 Å². The number of nitrogen functional groups attached to an aromatic ring is 1. The minimum absolute atomic E-state index is 0.696. The van der Waals surface area contributed by atoms with E-state index >= 15 is 0 Å². The molecule has 0 amide bonds. The fraction of sp³-hybridized carbons (Fsp3) is 0.364. The van der Waals surface area contributed by atoms with Gasteiger partial charge in [0.05, 0.1) is 0 Å². The van der Waals surface area contributed by atoms with Crippen LogP contribution in [0.25, 0.3) is 11.1 Å². The second kappa shape index (κ2) is 4.31. The number of aromatic nitrogens is 1. The standard InChI is InChI=1S/C11H14N2O2/c1-14-6-2-3-11-13-9-5-4-8(12)7-10(9)15-11/h4-5,7H,2-3,6,12H2,1H3. The molecule has 80 valence electrons. The molecule has 2 N–H and O–H groups in total. The van der Waals surface area contributed by atoms with Gasteiger partial charge in [0.25, 0.3) is 0 Å². The number of aryl methyl sites for hydroxylation is 1. The number of benzene rings is 1. The van der Waals surface area contributed by atoms with Crippen LogP contribution in [0.4, 0.5) is 5.69 Å². The van der Waals surface area contributed by atoms with E-state index in [-0.39, 0.29) is 0 Å². The zero-order valence-electron chi connectivity index (χ0n) is 8.69. The van der Waals surface area contributed by atoms with Gasteiger partial charge in [0.2, 0.25) is 0 Å². The summed E-state index contributed by atoms with van der Waals surface area (Å²) in [4.78, 5) is 4.35. The molecule has 0 spiro atoms. The first-order valence-corrected chi connectivity index (χ1v) is 4.93. The third kappa shape index (κ3) is 2.27. The molecule has 15 heavy (non-hydrogen) atoms. The smallest absolute Gasteiger partial charge is 0.195 e. The molecule has 1 aromatic heterocycles. The monoisotopic (exact) mass is 206 g/mol. The van der Waals surface area contributed by atoms with Crippen molar-refractivity contribution in [3.8, 4) is 0 Å². The largest absolute Gasteiger partial charge is 0.441 e. The third-order valence-corrected chi connectivity index (χ3v) is 2.20. The number of nitrogens with zero attached hydrogens (tertiary/aromatic N) is 1. The highest BCUT2D eigenvalue weighted by Crippen LogP contribution is 2.18. The molecule has 0 radical (unpaired) electrons. The van der Waals surface area contributed by atoms with Crippen molar-refractivity contribution in [2.24, 2.45) is 0 Å². The van der Waals surface area contributed by atoms with Crippen LogP contribution in [0.1, 0.15) is 12.3 Å². The van der Waals surface area contributed by atoms with E-state index in [1.54, 1.807) is 13.2 Å². The molecule has 0 atom stereocenters. The molecule has 1 aromatic carbocycles. The van der Waals surface area contributed by atoms with Gasteiger partial charge in [0.15, 0.2) is 11.5 Å². The number of hydrogen-bond acceptors (Lipinski definition) is 4. The number of rotatable bonds is 4. The minimum Gasteiger partial charge on any atom is -0.441 e. The number of oxazole rings is 1. The Morgan fingerprint density at radius 2 is 2.33 bits per heavy atom. The predicted molar refractivity (Wildman–Crippen MR) is 58.6 cm³/mol. The first-order valence-electron chi connectivity index (χ1n) is 4.93. The van der Waals surface area contributed by atoms with Crippen LogP contribution in [0.3, 0.4) is 0 Å². The average Bonchev–Trinajstić information content (AvgIpc) is 2.60. The summed E-state index contributed by atoms with van der Waals surface area (Å²) in [5.41, 5.74) is 7.95. The number of methoxy groups -OCH3 is 1. The quantitative estimate of drug-likeness (QED) is 0.613. The second-order valence-corrected chi connectivity index (χ2v) is 3.43. The number of ether oxygens (including phenoxy) is 1. The van der Waals surface area contributed by atoms with Crippen molar-refractivity contribution < 1.29 is 9.15 Å². The Kier molecular flexibility index (Phi) is 2.87. The summed E-state index contributed by atoms with van der Waals surface area (Å²) >= 11 is 0. The molecule has 0 aliphatic heterocycles. The Morgan fingerprint density at radius 1 is 1.47 bits per heavy atom. The van der Waals surface area contributed by atoms with Crippen molar-refractivity contribution in [1.29, 1.82) is 0 Å². The van der Waals surface area contributed by atoms with Crippen LogP contribution in [0.5, 0.6) is 0 Å². The molecule has 4 nitrogen and oxygen atoms in total. The van der Waals surface area contributed by atoms with E-state index in [0.717, 1.165) is 36.4 Å². The molecule has 0 aliphatic carbocycles. The summed E-state index contributed by atoms with van der Waals surface area (Å²) in [6.07, 6.45) is 1.71. The minimum atomic E-state index is 0.696. The fourth-order valence-corrected chi connectivity index (χ4v) is 1.46. The average molecular weight is 206 g/mol. The maximum absolute atomic E-state index is 5.65. The molecule has 0 unspecified atom stereocenters. The zero-order chi connectivity index (χ0) is 10.7. The molecule has 0 saturated carbocycles. The Hall–Kier alpha value is -1.55. The summed E-state index contributed by atoms with van der Waals surface area (Å²) < 4.78 is 10.5. The van der Waals surface area contributed by atoms with Crippen molar-refractivity contribution >= 4 is 16.8 Å². The topological polar surface area (TPSA) is 61.3 Å². The number of nitrogens with two attached hydrogens (primary N) is 1. The van der Waals surface area contributed by atoms with Gasteiger partial charge in [-0.15, -0.1) is 0 Å². The van der Waals surface area contributed by atoms with E-state index in [4.69, 9.17) is 14.9 Å². The number of anilines is 1. The Bertz CT molecular complexity index is 451. The van der Waals surface area contributed by atoms with Crippen LogP contribution >= 0.6 is 0 Å². The fourth-order valence-electron chi connectivity index (χ4n) is 1.46. The molecule has 0 aliphatic rings. The van der Waals surface area contributed by atoms with Gasteiger partial charge in [0.1, 0.15) is 5.52 Å². The van der Waals surface area contributed by atoms with Gasteiger partial charge in [-0.1, -0.05) is 0 Å². The highest BCUT2D eigenvalue weighted by Gasteiger charge is 2.05. The summed E-state index contributed by atoms with van der Waals surface area (Å²) in [5.74, 6) is 0.743. The lowest BCUT2D eigenvalue weighted by atomic mass is 10.3. The van der Waals surface area contributed by atoms with Crippen molar-refractivity contribution in [3.63, 3.8) is 0 Å². The first kappa shape index (κ1) is 9.98. The number of fused-ring (bicyclic) bond motifs is 1. The summed E-state index contributed by atoms with van der Waals surface area (Å²) in [7, 11) is 1.69. The van der Waals surface area contributed by atoms with Gasteiger partial charge in [-0.25, -0.2) is 4.98 Å². The maximum Gasteiger partial charge on any atom is 0.195 e. The zero-order valence-corrected chi connectivity index (χ0v) is 8.69. The molecule has 2 rings (SSSR count). The van der Waals surface area contributed by atoms with Crippen LogP contribution in [0.2, 0.25) is 0 Å². The lowest BCUT2D eigenvalue weighted by Crippen LogP contribution is -1.92. The second-order valence-electron chi connectivity index (χ2n) is 3.43. The van der Waals surface area contributed by atoms with E-state index in [1.807, 2.05) is 12.1 Å². The molecule has 0 bridgehead atoms. The summed E-state index contributed by atoms with van der Waals surface area (Å²) in [5, 5.41) is 0. The molecular weight excluding hydrogens is 192 g/mol. The lowest BCUT2D eigenvalue weighted by Gasteiger charge is -1.93. The van der Waals surface area contributed by atoms with Gasteiger partial charge < -0.3 is 14.9 Å². The van der Waals surface area contributed by atoms with Crippen LogP contribution in [0.15, 0.2) is 22.6 Å². The molecule has 1 heterocycles. The highest BCUT2D eigenvalue weighted by atomic mass is 16.5. The van der Waals surface area contributed by atoms with Crippen molar-refractivity contribution in [1.82, 2.24) is 4.98 Å². The Balaban J connectivity index is 2.16. The van der Waals surface area contributed by atoms with Crippen molar-refractivity contribution in [2.75, 3.05) is 19.5 Å². The maximum atomic E-state index is 5.65. The summed E-state index contributed by atoms with van der Waals surface area (Å²) in [6, 6.07) is 5.49. The van der Waals surface area contributed by atoms with Crippen LogP contribution in [0, 0.1) is 0 Å². The van der Waals surface area contributed by atoms with Crippen molar-refractivity contribution in [3.05, 3.63) is 24.1 Å². The van der Waals surface area contributed by atoms with Crippen LogP contribution < -0.4 is 5.73 Å². The first-order chi connectivity index (χ1) is 7.29. The SMILES string of the molecule is COCCCc1nc2ccc(N)cc2o1. The van der Waals surface area contributed by atoms with E-state index < -0.39 is 0 Å². The molecule has 0 fully saturated rings. The Labute approximate surface area is 88.0 Å². The normalized spacial score (nSPS) is 11.0. The van der Waals surface area contributed by atoms with E-state index in [0.29, 0.717) is 5.69 Å². The van der Waals surface area contributed by atoms with E-state index in [2.05, 4.69) is 4.98 Å². The molecule has 4 heteroatoms. The van der Waals surface area contributed by atoms with Crippen LogP contribution in [-0.2, 0) is 11.2 Å². The molecule has 0 saturated heterocycles. The van der Waals surface area contributed by atoms with Gasteiger partial charge in [-0.2, -0.15) is 0 Å². The predicted octanol–water partition coefficient (Wildman–Crippen LogP) is 1.99. The highest BCUT2D eigenvalue weighted by molar-refractivity contribution is 5.76. The van der Waals surface area contributed by atoms with Gasteiger partial charge in [-0.05, 0) is 18.6 Å². The third-order valence-electron chi connectivity index (χ3n) is 2.20. The molecule has 2 aromatic rings. The van der Waals surface area contributed by atoms with Gasteiger partial charge >= 0.3 is 0 Å². The lowest BCUT2D eigenvalue weighted by molar-refractivity contribution is 0.193. The van der Waals surface area contributed by atoms with Crippen molar-refractivity contribution in [2.45, 2.75) is 12.8 Å². The van der Waals surface area contributed by atoms with E-state index in [1.165, 1.54) is 0 Å². The number of hydrogen-bond donors (Lipinski definition) is 1. The van der Waals surface area contributed by atoms with Gasteiger partial charge in [-0.3, -0.25) is 0 Å². The summed E-state index contributed by atoms with van der Waals surface area (Å²) in [6.45, 7) is 0.723. The molecular formula is C11H14N2O2. The van der Waals surface area contributed by atoms with Gasteiger partial charge in [0, 0.05) is 31.9 Å².